The van der Waals surface area contributed by atoms with Gasteiger partial charge in [0.1, 0.15) is 12.7 Å². The molecule has 2 aliphatic rings. The molecule has 1 fully saturated rings. The molecule has 8 nitrogen and oxygen atoms in total. The van der Waals surface area contributed by atoms with Gasteiger partial charge in [-0.15, -0.1) is 10.2 Å². The summed E-state index contributed by atoms with van der Waals surface area (Å²) in [5, 5.41) is 7.15. The number of nitrogens with one attached hydrogen (secondary N) is 1. The minimum atomic E-state index is -0.210. The molecule has 3 amide bonds. The predicted octanol–water partition coefficient (Wildman–Crippen LogP) is 0.0796. The molecule has 0 bridgehead atoms. The molecular weight excluding hydrogens is 286 g/mol. The third-order valence-corrected chi connectivity index (χ3v) is 4.06. The average Bonchev–Trinajstić information content (AvgIpc) is 3.10. The molecular formula is C14H17N5O3. The van der Waals surface area contributed by atoms with Crippen molar-refractivity contribution in [2.45, 2.75) is 25.7 Å². The van der Waals surface area contributed by atoms with Gasteiger partial charge in [0.25, 0.3) is 0 Å². The van der Waals surface area contributed by atoms with E-state index in [2.05, 4.69) is 15.6 Å². The minimum Gasteiger partial charge on any atom is -0.282 e. The zero-order valence-corrected chi connectivity index (χ0v) is 12.0. The molecule has 116 valence electrons. The first-order valence-electron chi connectivity index (χ1n) is 7.31. The number of likely N-dealkylation sites (tertiary alicyclic amines) is 1. The number of hydrogen-bond donors (Lipinski definition) is 1. The van der Waals surface area contributed by atoms with Crippen LogP contribution in [0.25, 0.3) is 0 Å². The fraction of sp³-hybridized carbons (Fsp3) is 0.500. The summed E-state index contributed by atoms with van der Waals surface area (Å²) >= 11 is 0. The van der Waals surface area contributed by atoms with Gasteiger partial charge in [-0.2, -0.15) is 0 Å². The van der Waals surface area contributed by atoms with Crippen LogP contribution < -0.4 is 5.43 Å². The number of hydrogen-bond acceptors (Lipinski definition) is 5. The van der Waals surface area contributed by atoms with E-state index in [1.165, 1.54) is 22.2 Å². The van der Waals surface area contributed by atoms with Crippen molar-refractivity contribution in [2.75, 3.05) is 12.0 Å². The fourth-order valence-electron chi connectivity index (χ4n) is 2.95. The zero-order chi connectivity index (χ0) is 15.5. The molecule has 22 heavy (non-hydrogen) atoms. The van der Waals surface area contributed by atoms with E-state index in [1.807, 2.05) is 12.2 Å². The van der Waals surface area contributed by atoms with E-state index in [0.29, 0.717) is 25.8 Å². The maximum atomic E-state index is 12.2. The molecule has 0 spiro atoms. The number of carbonyl (C=O) groups excluding carboxylic acids is 3. The van der Waals surface area contributed by atoms with Gasteiger partial charge in [0.15, 0.2) is 0 Å². The number of imide groups is 1. The van der Waals surface area contributed by atoms with Crippen LogP contribution in [0.3, 0.4) is 0 Å². The smallest absolute Gasteiger partial charge is 0.238 e. The zero-order valence-electron chi connectivity index (χ0n) is 12.0. The molecule has 1 aliphatic heterocycles. The monoisotopic (exact) mass is 303 g/mol. The van der Waals surface area contributed by atoms with Crippen molar-refractivity contribution < 1.29 is 14.4 Å². The van der Waals surface area contributed by atoms with Gasteiger partial charge >= 0.3 is 0 Å². The maximum absolute atomic E-state index is 12.2. The number of carbonyl (C=O) groups is 3. The van der Waals surface area contributed by atoms with E-state index in [4.69, 9.17) is 0 Å². The molecule has 0 saturated carbocycles. The molecule has 1 N–H and O–H groups in total. The third kappa shape index (κ3) is 2.76. The summed E-state index contributed by atoms with van der Waals surface area (Å²) in [6.07, 6.45) is 8.62. The lowest BCUT2D eigenvalue weighted by Gasteiger charge is -2.14. The van der Waals surface area contributed by atoms with Crippen molar-refractivity contribution in [1.29, 1.82) is 0 Å². The quantitative estimate of drug-likeness (QED) is 0.613. The van der Waals surface area contributed by atoms with Gasteiger partial charge in [0.05, 0.1) is 11.8 Å². The van der Waals surface area contributed by atoms with Gasteiger partial charge in [-0.25, -0.2) is 4.68 Å². The van der Waals surface area contributed by atoms with E-state index in [0.717, 1.165) is 0 Å². The van der Waals surface area contributed by atoms with Crippen LogP contribution in [0.2, 0.25) is 0 Å². The van der Waals surface area contributed by atoms with Crippen LogP contribution in [-0.4, -0.2) is 44.0 Å². The van der Waals surface area contributed by atoms with Crippen LogP contribution in [-0.2, 0) is 14.4 Å². The molecule has 2 heterocycles. The van der Waals surface area contributed by atoms with E-state index in [9.17, 15) is 14.4 Å². The van der Waals surface area contributed by atoms with Crippen molar-refractivity contribution in [3.05, 3.63) is 24.8 Å². The Hall–Kier alpha value is -2.51. The van der Waals surface area contributed by atoms with Gasteiger partial charge in [-0.05, 0) is 19.3 Å². The Bertz CT molecular complexity index is 584. The Morgan fingerprint density at radius 2 is 1.73 bits per heavy atom. The van der Waals surface area contributed by atoms with Crippen LogP contribution >= 0.6 is 0 Å². The molecule has 0 unspecified atom stereocenters. The Kier molecular flexibility index (Phi) is 3.99. The lowest BCUT2D eigenvalue weighted by molar-refractivity contribution is -0.140. The number of fused-ring (bicyclic) bond motifs is 1. The second-order valence-electron chi connectivity index (χ2n) is 5.49. The van der Waals surface area contributed by atoms with Crippen LogP contribution in [0.4, 0.5) is 0 Å². The standard InChI is InChI=1S/C14H17N5O3/c20-12(17-18-8-15-16-9-18)6-3-7-19-13(21)10-4-1-2-5-11(10)14(19)22/h1-2,8-11H,3-7H2,(H,17,20)/t10-,11-/m0/s1. The summed E-state index contributed by atoms with van der Waals surface area (Å²) in [4.78, 5) is 37.5. The normalized spacial score (nSPS) is 23.7. The lowest BCUT2D eigenvalue weighted by atomic mass is 9.85. The number of nitrogens with zero attached hydrogens (tertiary/aromatic N) is 4. The molecule has 0 aromatic carbocycles. The summed E-state index contributed by atoms with van der Waals surface area (Å²) in [6, 6.07) is 0. The van der Waals surface area contributed by atoms with Gasteiger partial charge in [-0.3, -0.25) is 24.7 Å². The van der Waals surface area contributed by atoms with Crippen LogP contribution in [0.1, 0.15) is 25.7 Å². The van der Waals surface area contributed by atoms with Crippen LogP contribution in [0.5, 0.6) is 0 Å². The van der Waals surface area contributed by atoms with Crippen molar-refractivity contribution in [1.82, 2.24) is 19.8 Å². The number of allylic oxidation sites excluding steroid dienone is 2. The molecule has 1 saturated heterocycles. The van der Waals surface area contributed by atoms with E-state index < -0.39 is 0 Å². The minimum absolute atomic E-state index is 0.0985. The van der Waals surface area contributed by atoms with Gasteiger partial charge < -0.3 is 0 Å². The molecule has 1 aromatic heterocycles. The van der Waals surface area contributed by atoms with Crippen molar-refractivity contribution in [3.63, 3.8) is 0 Å². The average molecular weight is 303 g/mol. The summed E-state index contributed by atoms with van der Waals surface area (Å²) in [5.41, 5.74) is 2.57. The first-order valence-corrected chi connectivity index (χ1v) is 7.31. The summed E-state index contributed by atoms with van der Waals surface area (Å²) in [7, 11) is 0. The van der Waals surface area contributed by atoms with Gasteiger partial charge in [0.2, 0.25) is 17.7 Å². The fourth-order valence-corrected chi connectivity index (χ4v) is 2.95. The Morgan fingerprint density at radius 1 is 1.14 bits per heavy atom. The second-order valence-corrected chi connectivity index (χ2v) is 5.49. The largest absolute Gasteiger partial charge is 0.282 e. The second kappa shape index (κ2) is 6.08. The molecule has 2 atom stereocenters. The highest BCUT2D eigenvalue weighted by Crippen LogP contribution is 2.35. The highest BCUT2D eigenvalue weighted by Gasteiger charge is 2.46. The SMILES string of the molecule is O=C(CCCN1C(=O)[C@H]2CC=CC[C@@H]2C1=O)Nn1cnnc1. The Balaban J connectivity index is 1.48. The summed E-state index contributed by atoms with van der Waals surface area (Å²) in [6.45, 7) is 0.292. The maximum Gasteiger partial charge on any atom is 0.238 e. The molecule has 8 heteroatoms. The predicted molar refractivity (Wildman–Crippen MR) is 75.7 cm³/mol. The summed E-state index contributed by atoms with van der Waals surface area (Å²) < 4.78 is 1.36. The molecule has 1 aliphatic carbocycles. The van der Waals surface area contributed by atoms with Crippen LogP contribution in [0.15, 0.2) is 24.8 Å². The number of rotatable bonds is 5. The van der Waals surface area contributed by atoms with Gasteiger partial charge in [0, 0.05) is 13.0 Å². The highest BCUT2D eigenvalue weighted by atomic mass is 16.2. The van der Waals surface area contributed by atoms with Gasteiger partial charge in [-0.1, -0.05) is 12.2 Å². The number of amides is 3. The topological polar surface area (TPSA) is 97.2 Å². The van der Waals surface area contributed by atoms with Crippen LogP contribution in [0, 0.1) is 11.8 Å². The number of aromatic nitrogens is 3. The third-order valence-electron chi connectivity index (χ3n) is 4.06. The van der Waals surface area contributed by atoms with Crippen molar-refractivity contribution >= 4 is 17.7 Å². The summed E-state index contributed by atoms with van der Waals surface area (Å²) in [5.74, 6) is -0.818. The van der Waals surface area contributed by atoms with E-state index >= 15 is 0 Å². The highest BCUT2D eigenvalue weighted by molar-refractivity contribution is 6.05. The van der Waals surface area contributed by atoms with Crippen molar-refractivity contribution in [2.24, 2.45) is 11.8 Å². The van der Waals surface area contributed by atoms with Crippen molar-refractivity contribution in [3.8, 4) is 0 Å². The molecule has 0 radical (unpaired) electrons. The Morgan fingerprint density at radius 3 is 2.32 bits per heavy atom. The molecule has 1 aromatic rings. The molecule has 3 rings (SSSR count). The first-order chi connectivity index (χ1) is 10.7. The van der Waals surface area contributed by atoms with E-state index in [1.54, 1.807) is 0 Å². The lowest BCUT2D eigenvalue weighted by Crippen LogP contribution is -2.33. The van der Waals surface area contributed by atoms with E-state index in [-0.39, 0.29) is 36.0 Å². The Labute approximate surface area is 127 Å². The first kappa shape index (κ1) is 14.4.